The highest BCUT2D eigenvalue weighted by molar-refractivity contribution is 5.97. The van der Waals surface area contributed by atoms with Gasteiger partial charge in [0.05, 0.1) is 6.61 Å². The molecule has 25 heavy (non-hydrogen) atoms. The first-order chi connectivity index (χ1) is 12.2. The summed E-state index contributed by atoms with van der Waals surface area (Å²) in [5, 5.41) is 4.74. The number of hydrogen-bond donors (Lipinski definition) is 2. The van der Waals surface area contributed by atoms with Gasteiger partial charge in [0.1, 0.15) is 11.4 Å². The molecule has 0 radical (unpaired) electrons. The van der Waals surface area contributed by atoms with Gasteiger partial charge >= 0.3 is 0 Å². The van der Waals surface area contributed by atoms with Gasteiger partial charge < -0.3 is 15.8 Å². The minimum Gasteiger partial charge on any atom is -0.493 e. The van der Waals surface area contributed by atoms with Crippen LogP contribution in [0.3, 0.4) is 0 Å². The van der Waals surface area contributed by atoms with Crippen molar-refractivity contribution < 1.29 is 9.53 Å². The van der Waals surface area contributed by atoms with Crippen LogP contribution < -0.4 is 15.8 Å². The summed E-state index contributed by atoms with van der Waals surface area (Å²) in [6.07, 6.45) is 2.34. The molecule has 5 heteroatoms. The SMILES string of the molecule is CCNC(=O)c1cc(CCOc2ccc(N)c3ccccc23)ccn1. The zero-order valence-corrected chi connectivity index (χ0v) is 14.2. The lowest BCUT2D eigenvalue weighted by Gasteiger charge is -2.11. The minimum atomic E-state index is -0.158. The predicted octanol–water partition coefficient (Wildman–Crippen LogP) is 3.19. The van der Waals surface area contributed by atoms with Crippen LogP contribution in [0.4, 0.5) is 5.69 Å². The number of rotatable bonds is 6. The first kappa shape index (κ1) is 16.8. The average molecular weight is 335 g/mol. The largest absolute Gasteiger partial charge is 0.493 e. The summed E-state index contributed by atoms with van der Waals surface area (Å²) in [5.41, 5.74) is 8.19. The van der Waals surface area contributed by atoms with Gasteiger partial charge in [0.25, 0.3) is 5.91 Å². The van der Waals surface area contributed by atoms with Crippen LogP contribution in [0.2, 0.25) is 0 Å². The first-order valence-corrected chi connectivity index (χ1v) is 8.32. The molecule has 2 aromatic carbocycles. The number of nitrogens with two attached hydrogens (primary N) is 1. The zero-order valence-electron chi connectivity index (χ0n) is 14.2. The highest BCUT2D eigenvalue weighted by Crippen LogP contribution is 2.29. The molecular weight excluding hydrogens is 314 g/mol. The lowest BCUT2D eigenvalue weighted by Crippen LogP contribution is -2.23. The second-order valence-electron chi connectivity index (χ2n) is 5.71. The molecule has 0 fully saturated rings. The number of anilines is 1. The van der Waals surface area contributed by atoms with E-state index in [1.165, 1.54) is 0 Å². The highest BCUT2D eigenvalue weighted by atomic mass is 16.5. The molecule has 1 amide bonds. The summed E-state index contributed by atoms with van der Waals surface area (Å²) < 4.78 is 5.95. The van der Waals surface area contributed by atoms with E-state index in [2.05, 4.69) is 10.3 Å². The zero-order chi connectivity index (χ0) is 17.6. The monoisotopic (exact) mass is 335 g/mol. The number of pyridine rings is 1. The maximum atomic E-state index is 11.9. The summed E-state index contributed by atoms with van der Waals surface area (Å²) >= 11 is 0. The summed E-state index contributed by atoms with van der Waals surface area (Å²) in [6, 6.07) is 15.4. The third kappa shape index (κ3) is 3.88. The maximum Gasteiger partial charge on any atom is 0.269 e. The molecule has 0 aliphatic heterocycles. The molecule has 0 bridgehead atoms. The Balaban J connectivity index is 1.69. The fourth-order valence-corrected chi connectivity index (χ4v) is 2.70. The smallest absolute Gasteiger partial charge is 0.269 e. The highest BCUT2D eigenvalue weighted by Gasteiger charge is 2.08. The number of nitrogens with zero attached hydrogens (tertiary/aromatic N) is 1. The fraction of sp³-hybridized carbons (Fsp3) is 0.200. The number of carbonyl (C=O) groups is 1. The van der Waals surface area contributed by atoms with Crippen LogP contribution in [0, 0.1) is 0 Å². The van der Waals surface area contributed by atoms with Crippen molar-refractivity contribution in [3.05, 3.63) is 66.0 Å². The predicted molar refractivity (Wildman–Crippen MR) is 99.8 cm³/mol. The number of amides is 1. The van der Waals surface area contributed by atoms with E-state index in [1.54, 1.807) is 12.3 Å². The molecule has 1 aromatic heterocycles. The number of nitrogen functional groups attached to an aromatic ring is 1. The molecule has 0 aliphatic carbocycles. The Labute approximate surface area is 146 Å². The molecule has 0 spiro atoms. The number of fused-ring (bicyclic) bond motifs is 1. The quantitative estimate of drug-likeness (QED) is 0.678. The average Bonchev–Trinajstić information content (AvgIpc) is 2.64. The van der Waals surface area contributed by atoms with Gasteiger partial charge in [-0.05, 0) is 36.8 Å². The van der Waals surface area contributed by atoms with Gasteiger partial charge in [0, 0.05) is 35.6 Å². The van der Waals surface area contributed by atoms with Crippen molar-refractivity contribution in [2.75, 3.05) is 18.9 Å². The lowest BCUT2D eigenvalue weighted by molar-refractivity contribution is 0.0950. The Hall–Kier alpha value is -3.08. The van der Waals surface area contributed by atoms with E-state index >= 15 is 0 Å². The Morgan fingerprint density at radius 1 is 1.16 bits per heavy atom. The fourth-order valence-electron chi connectivity index (χ4n) is 2.70. The van der Waals surface area contributed by atoms with Crippen LogP contribution in [0.25, 0.3) is 10.8 Å². The molecule has 0 aliphatic rings. The van der Waals surface area contributed by atoms with E-state index in [0.717, 1.165) is 27.8 Å². The second kappa shape index (κ2) is 7.66. The van der Waals surface area contributed by atoms with Gasteiger partial charge in [0.2, 0.25) is 0 Å². The van der Waals surface area contributed by atoms with E-state index in [4.69, 9.17) is 10.5 Å². The van der Waals surface area contributed by atoms with E-state index in [1.807, 2.05) is 49.4 Å². The van der Waals surface area contributed by atoms with E-state index in [9.17, 15) is 4.79 Å². The number of hydrogen-bond acceptors (Lipinski definition) is 4. The van der Waals surface area contributed by atoms with Gasteiger partial charge in [-0.2, -0.15) is 0 Å². The third-order valence-corrected chi connectivity index (χ3v) is 3.96. The van der Waals surface area contributed by atoms with Crippen molar-refractivity contribution in [1.29, 1.82) is 0 Å². The number of ether oxygens (including phenoxy) is 1. The molecule has 0 saturated heterocycles. The second-order valence-corrected chi connectivity index (χ2v) is 5.71. The lowest BCUT2D eigenvalue weighted by atomic mass is 10.1. The van der Waals surface area contributed by atoms with E-state index in [-0.39, 0.29) is 5.91 Å². The van der Waals surface area contributed by atoms with Crippen LogP contribution in [0.1, 0.15) is 23.0 Å². The van der Waals surface area contributed by atoms with Crippen molar-refractivity contribution in [3.8, 4) is 5.75 Å². The van der Waals surface area contributed by atoms with Crippen molar-refractivity contribution in [3.63, 3.8) is 0 Å². The Morgan fingerprint density at radius 2 is 1.96 bits per heavy atom. The van der Waals surface area contributed by atoms with Crippen LogP contribution in [0.15, 0.2) is 54.7 Å². The van der Waals surface area contributed by atoms with E-state index < -0.39 is 0 Å². The van der Waals surface area contributed by atoms with Crippen molar-refractivity contribution >= 4 is 22.4 Å². The van der Waals surface area contributed by atoms with Crippen LogP contribution >= 0.6 is 0 Å². The van der Waals surface area contributed by atoms with Crippen molar-refractivity contribution in [2.45, 2.75) is 13.3 Å². The topological polar surface area (TPSA) is 77.2 Å². The Kier molecular flexibility index (Phi) is 5.14. The van der Waals surface area contributed by atoms with Crippen LogP contribution in [-0.2, 0) is 6.42 Å². The molecular formula is C20H21N3O2. The molecule has 0 atom stereocenters. The Bertz CT molecular complexity index is 893. The molecule has 3 rings (SSSR count). The van der Waals surface area contributed by atoms with Gasteiger partial charge in [-0.3, -0.25) is 9.78 Å². The van der Waals surface area contributed by atoms with Gasteiger partial charge in [-0.15, -0.1) is 0 Å². The van der Waals surface area contributed by atoms with Gasteiger partial charge in [-0.1, -0.05) is 24.3 Å². The summed E-state index contributed by atoms with van der Waals surface area (Å²) in [7, 11) is 0. The first-order valence-electron chi connectivity index (χ1n) is 8.32. The van der Waals surface area contributed by atoms with E-state index in [0.29, 0.717) is 25.3 Å². The number of nitrogens with one attached hydrogen (secondary N) is 1. The molecule has 0 saturated carbocycles. The normalized spacial score (nSPS) is 10.6. The standard InChI is InChI=1S/C20H21N3O2/c1-2-22-20(24)18-13-14(9-11-23-18)10-12-25-19-8-7-17(21)15-5-3-4-6-16(15)19/h3-9,11,13H,2,10,12,21H2,1H3,(H,22,24). The number of aromatic nitrogens is 1. The third-order valence-electron chi connectivity index (χ3n) is 3.96. The molecule has 3 N–H and O–H groups in total. The van der Waals surface area contributed by atoms with Crippen molar-refractivity contribution in [1.82, 2.24) is 10.3 Å². The van der Waals surface area contributed by atoms with Crippen molar-refractivity contribution in [2.24, 2.45) is 0 Å². The number of carbonyl (C=O) groups excluding carboxylic acids is 1. The molecule has 128 valence electrons. The van der Waals surface area contributed by atoms with Crippen LogP contribution in [0.5, 0.6) is 5.75 Å². The van der Waals surface area contributed by atoms with Crippen LogP contribution in [-0.4, -0.2) is 24.0 Å². The molecule has 5 nitrogen and oxygen atoms in total. The summed E-state index contributed by atoms with van der Waals surface area (Å²) in [5.74, 6) is 0.651. The van der Waals surface area contributed by atoms with Gasteiger partial charge in [0.15, 0.2) is 0 Å². The Morgan fingerprint density at radius 3 is 2.76 bits per heavy atom. The maximum absolute atomic E-state index is 11.9. The minimum absolute atomic E-state index is 0.158. The van der Waals surface area contributed by atoms with Gasteiger partial charge in [-0.25, -0.2) is 0 Å². The summed E-state index contributed by atoms with van der Waals surface area (Å²) in [6.45, 7) is 2.97. The summed E-state index contributed by atoms with van der Waals surface area (Å²) in [4.78, 5) is 16.0. The number of benzene rings is 2. The molecule has 3 aromatic rings. The molecule has 1 heterocycles. The molecule has 0 unspecified atom stereocenters.